The van der Waals surface area contributed by atoms with Gasteiger partial charge in [-0.05, 0) is 43.4 Å². The van der Waals surface area contributed by atoms with Crippen LogP contribution in [0.1, 0.15) is 31.2 Å². The van der Waals surface area contributed by atoms with Gasteiger partial charge in [-0.2, -0.15) is 13.2 Å². The summed E-state index contributed by atoms with van der Waals surface area (Å²) in [6.45, 7) is 0. The monoisotopic (exact) mass is 326 g/mol. The molecule has 0 aromatic heterocycles. The van der Waals surface area contributed by atoms with Gasteiger partial charge in [0, 0.05) is 16.5 Å². The number of rotatable bonds is 2. The summed E-state index contributed by atoms with van der Waals surface area (Å²) in [6, 6.07) is 5.01. The van der Waals surface area contributed by atoms with Crippen LogP contribution in [0.25, 0.3) is 0 Å². The molecule has 1 aliphatic carbocycles. The van der Waals surface area contributed by atoms with E-state index < -0.39 is 17.7 Å². The quantitative estimate of drug-likeness (QED) is 0.809. The third-order valence-corrected chi connectivity index (χ3v) is 4.65. The minimum atomic E-state index is -4.18. The Morgan fingerprint density at radius 3 is 2.10 bits per heavy atom. The normalized spacial score (nSPS) is 27.6. The molecule has 0 spiro atoms. The molecule has 0 bridgehead atoms. The first-order valence-corrected chi connectivity index (χ1v) is 7.19. The molecule has 1 aliphatic rings. The lowest BCUT2D eigenvalue weighted by atomic mass is 9.75. The van der Waals surface area contributed by atoms with Gasteiger partial charge in [-0.25, -0.2) is 0 Å². The first kappa shape index (κ1) is 15.9. The molecule has 1 N–H and O–H groups in total. The number of halogens is 5. The second kappa shape index (κ2) is 5.74. The Hall–Kier alpha value is -0.450. The van der Waals surface area contributed by atoms with E-state index in [1.165, 1.54) is 0 Å². The zero-order valence-corrected chi connectivity index (χ0v) is 12.2. The van der Waals surface area contributed by atoms with E-state index >= 15 is 0 Å². The highest BCUT2D eigenvalue weighted by Gasteiger charge is 2.45. The molecule has 20 heavy (non-hydrogen) atoms. The fraction of sp³-hybridized carbons (Fsp3) is 0.571. The molecule has 0 radical (unpaired) electrons. The Bertz CT molecular complexity index is 460. The van der Waals surface area contributed by atoms with Gasteiger partial charge in [0.05, 0.1) is 11.5 Å². The van der Waals surface area contributed by atoms with E-state index in [1.54, 1.807) is 18.2 Å². The summed E-state index contributed by atoms with van der Waals surface area (Å²) in [6.07, 6.45) is -3.87. The molecule has 1 fully saturated rings. The van der Waals surface area contributed by atoms with Gasteiger partial charge >= 0.3 is 6.18 Å². The maximum atomic E-state index is 12.6. The lowest BCUT2D eigenvalue weighted by Crippen LogP contribution is -2.40. The van der Waals surface area contributed by atoms with Crippen molar-refractivity contribution in [2.24, 2.45) is 5.92 Å². The fourth-order valence-corrected chi connectivity index (χ4v) is 3.22. The van der Waals surface area contributed by atoms with Crippen LogP contribution in [-0.2, 0) is 6.42 Å². The van der Waals surface area contributed by atoms with Gasteiger partial charge in [0.25, 0.3) is 0 Å². The van der Waals surface area contributed by atoms with Gasteiger partial charge in [0.2, 0.25) is 0 Å². The van der Waals surface area contributed by atoms with Crippen LogP contribution < -0.4 is 0 Å². The Kier molecular flexibility index (Phi) is 4.57. The summed E-state index contributed by atoms with van der Waals surface area (Å²) in [5.74, 6) is -1.32. The van der Waals surface area contributed by atoms with Crippen LogP contribution in [0.15, 0.2) is 18.2 Å². The molecule has 1 nitrogen and oxygen atoms in total. The van der Waals surface area contributed by atoms with Gasteiger partial charge in [0.1, 0.15) is 0 Å². The third kappa shape index (κ3) is 3.60. The van der Waals surface area contributed by atoms with Crippen molar-refractivity contribution in [2.45, 2.75) is 43.9 Å². The van der Waals surface area contributed by atoms with Crippen molar-refractivity contribution in [1.82, 2.24) is 0 Å². The van der Waals surface area contributed by atoms with Crippen molar-refractivity contribution < 1.29 is 18.3 Å². The van der Waals surface area contributed by atoms with E-state index in [1.807, 2.05) is 0 Å². The summed E-state index contributed by atoms with van der Waals surface area (Å²) >= 11 is 12.1. The lowest BCUT2D eigenvalue weighted by Gasteiger charge is -2.37. The van der Waals surface area contributed by atoms with Crippen molar-refractivity contribution >= 4 is 23.2 Å². The Balaban J connectivity index is 2.08. The Labute approximate surface area is 125 Å². The Morgan fingerprint density at radius 2 is 1.65 bits per heavy atom. The van der Waals surface area contributed by atoms with Gasteiger partial charge in [-0.1, -0.05) is 29.3 Å². The topological polar surface area (TPSA) is 20.2 Å². The minimum Gasteiger partial charge on any atom is -0.390 e. The zero-order chi connectivity index (χ0) is 15.0. The predicted octanol–water partition coefficient (Wildman–Crippen LogP) is 5.02. The van der Waals surface area contributed by atoms with Crippen LogP contribution in [0.3, 0.4) is 0 Å². The third-order valence-electron chi connectivity index (χ3n) is 3.95. The molecule has 0 heterocycles. The van der Waals surface area contributed by atoms with Crippen molar-refractivity contribution in [2.75, 3.05) is 0 Å². The first-order valence-electron chi connectivity index (χ1n) is 6.43. The molecular weight excluding hydrogens is 312 g/mol. The lowest BCUT2D eigenvalue weighted by molar-refractivity contribution is -0.192. The molecule has 112 valence electrons. The summed E-state index contributed by atoms with van der Waals surface area (Å²) in [5, 5.41) is 11.3. The number of benzene rings is 1. The SMILES string of the molecule is OC1(Cc2c(Cl)cccc2Cl)CCC(C(F)(F)F)CC1. The number of aliphatic hydroxyl groups is 1. The molecule has 0 amide bonds. The molecule has 1 saturated carbocycles. The van der Waals surface area contributed by atoms with E-state index in [0.29, 0.717) is 15.6 Å². The van der Waals surface area contributed by atoms with Crippen LogP contribution in [0, 0.1) is 5.92 Å². The summed E-state index contributed by atoms with van der Waals surface area (Å²) in [4.78, 5) is 0. The molecular formula is C14H15Cl2F3O. The molecule has 6 heteroatoms. The second-order valence-electron chi connectivity index (χ2n) is 5.42. The van der Waals surface area contributed by atoms with Crippen LogP contribution in [0.4, 0.5) is 13.2 Å². The van der Waals surface area contributed by atoms with Gasteiger partial charge in [-0.3, -0.25) is 0 Å². The molecule has 1 aromatic carbocycles. The van der Waals surface area contributed by atoms with Crippen molar-refractivity contribution in [3.63, 3.8) is 0 Å². The van der Waals surface area contributed by atoms with E-state index in [-0.39, 0.29) is 32.1 Å². The average molecular weight is 327 g/mol. The highest BCUT2D eigenvalue weighted by atomic mass is 35.5. The van der Waals surface area contributed by atoms with Crippen molar-refractivity contribution in [1.29, 1.82) is 0 Å². The van der Waals surface area contributed by atoms with Gasteiger partial charge in [-0.15, -0.1) is 0 Å². The molecule has 0 aliphatic heterocycles. The Morgan fingerprint density at radius 1 is 1.15 bits per heavy atom. The summed E-state index contributed by atoms with van der Waals surface area (Å²) < 4.78 is 37.9. The summed E-state index contributed by atoms with van der Waals surface area (Å²) in [7, 11) is 0. The molecule has 0 saturated heterocycles. The average Bonchev–Trinajstić information content (AvgIpc) is 2.33. The maximum Gasteiger partial charge on any atom is 0.391 e. The molecule has 2 rings (SSSR count). The van der Waals surface area contributed by atoms with Crippen molar-refractivity contribution in [3.8, 4) is 0 Å². The largest absolute Gasteiger partial charge is 0.391 e. The smallest absolute Gasteiger partial charge is 0.390 e. The number of hydrogen-bond donors (Lipinski definition) is 1. The van der Waals surface area contributed by atoms with E-state index in [0.717, 1.165) is 0 Å². The van der Waals surface area contributed by atoms with Gasteiger partial charge < -0.3 is 5.11 Å². The van der Waals surface area contributed by atoms with Crippen LogP contribution in [0.2, 0.25) is 10.0 Å². The highest BCUT2D eigenvalue weighted by molar-refractivity contribution is 6.36. The predicted molar refractivity (Wildman–Crippen MR) is 73.1 cm³/mol. The fourth-order valence-electron chi connectivity index (χ4n) is 2.69. The van der Waals surface area contributed by atoms with Crippen LogP contribution >= 0.6 is 23.2 Å². The first-order chi connectivity index (χ1) is 9.21. The van der Waals surface area contributed by atoms with Crippen LogP contribution in [-0.4, -0.2) is 16.9 Å². The number of alkyl halides is 3. The number of hydrogen-bond acceptors (Lipinski definition) is 1. The molecule has 0 atom stereocenters. The second-order valence-corrected chi connectivity index (χ2v) is 6.23. The minimum absolute atomic E-state index is 0.0535. The van der Waals surface area contributed by atoms with Crippen molar-refractivity contribution in [3.05, 3.63) is 33.8 Å². The maximum absolute atomic E-state index is 12.6. The standard InChI is InChI=1S/C14H15Cl2F3O/c15-11-2-1-3-12(16)10(11)8-13(20)6-4-9(5-7-13)14(17,18)19/h1-3,9,20H,4-8H2. The highest BCUT2D eigenvalue weighted by Crippen LogP contribution is 2.43. The van der Waals surface area contributed by atoms with Crippen LogP contribution in [0.5, 0.6) is 0 Å². The summed E-state index contributed by atoms with van der Waals surface area (Å²) in [5.41, 5.74) is -0.556. The molecule has 0 unspecified atom stereocenters. The molecule has 1 aromatic rings. The van der Waals surface area contributed by atoms with E-state index in [4.69, 9.17) is 23.2 Å². The van der Waals surface area contributed by atoms with E-state index in [9.17, 15) is 18.3 Å². The zero-order valence-electron chi connectivity index (χ0n) is 10.7. The van der Waals surface area contributed by atoms with E-state index in [2.05, 4.69) is 0 Å². The van der Waals surface area contributed by atoms with Gasteiger partial charge in [0.15, 0.2) is 0 Å².